The second-order valence-electron chi connectivity index (χ2n) is 5.23. The maximum atomic E-state index is 12.6. The molecule has 0 bridgehead atoms. The fourth-order valence-electron chi connectivity index (χ4n) is 2.26. The lowest BCUT2D eigenvalue weighted by atomic mass is 10.0. The standard InChI is InChI=1S/C14H11Cl2NO4S/c1-22(19,20)14-10(15)5-4-8(11(14)16)13(18)9-6-21-17-12(9)7-2-3-7/h4-7H,2-3H2,1H3. The van der Waals surface area contributed by atoms with Gasteiger partial charge in [-0.25, -0.2) is 8.42 Å². The lowest BCUT2D eigenvalue weighted by molar-refractivity contribution is 0.103. The summed E-state index contributed by atoms with van der Waals surface area (Å²) in [6, 6.07) is 2.76. The van der Waals surface area contributed by atoms with Gasteiger partial charge in [-0.2, -0.15) is 0 Å². The van der Waals surface area contributed by atoms with E-state index in [1.165, 1.54) is 18.4 Å². The number of rotatable bonds is 4. The first-order chi connectivity index (χ1) is 10.3. The van der Waals surface area contributed by atoms with E-state index in [0.29, 0.717) is 11.3 Å². The highest BCUT2D eigenvalue weighted by Gasteiger charge is 2.33. The molecule has 22 heavy (non-hydrogen) atoms. The van der Waals surface area contributed by atoms with Gasteiger partial charge in [0.15, 0.2) is 15.6 Å². The molecule has 0 radical (unpaired) electrons. The van der Waals surface area contributed by atoms with Crippen molar-refractivity contribution in [3.8, 4) is 0 Å². The largest absolute Gasteiger partial charge is 0.364 e. The van der Waals surface area contributed by atoms with Crippen LogP contribution in [-0.4, -0.2) is 25.6 Å². The number of aromatic nitrogens is 1. The van der Waals surface area contributed by atoms with Gasteiger partial charge in [-0.3, -0.25) is 4.79 Å². The Balaban J connectivity index is 2.12. The van der Waals surface area contributed by atoms with Crippen LogP contribution in [0.15, 0.2) is 27.8 Å². The third-order valence-electron chi connectivity index (χ3n) is 3.47. The number of carbonyl (C=O) groups is 1. The van der Waals surface area contributed by atoms with Crippen LogP contribution in [0.4, 0.5) is 0 Å². The molecular formula is C14H11Cl2NO4S. The number of benzene rings is 1. The highest BCUT2D eigenvalue weighted by atomic mass is 35.5. The van der Waals surface area contributed by atoms with Crippen molar-refractivity contribution in [3.63, 3.8) is 0 Å². The van der Waals surface area contributed by atoms with E-state index >= 15 is 0 Å². The Morgan fingerprint density at radius 1 is 1.27 bits per heavy atom. The first kappa shape index (κ1) is 15.5. The van der Waals surface area contributed by atoms with Crippen LogP contribution in [0.25, 0.3) is 0 Å². The number of nitrogens with zero attached hydrogens (tertiary/aromatic N) is 1. The van der Waals surface area contributed by atoms with Crippen LogP contribution in [0.1, 0.15) is 40.4 Å². The molecule has 1 aliphatic carbocycles. The number of sulfone groups is 1. The molecule has 1 aromatic heterocycles. The Labute approximate surface area is 137 Å². The molecule has 5 nitrogen and oxygen atoms in total. The van der Waals surface area contributed by atoms with Crippen LogP contribution in [0.2, 0.25) is 10.0 Å². The van der Waals surface area contributed by atoms with Crippen LogP contribution in [0, 0.1) is 0 Å². The van der Waals surface area contributed by atoms with E-state index in [9.17, 15) is 13.2 Å². The van der Waals surface area contributed by atoms with Crippen molar-refractivity contribution in [2.45, 2.75) is 23.7 Å². The van der Waals surface area contributed by atoms with Crippen LogP contribution in [0.3, 0.4) is 0 Å². The second kappa shape index (κ2) is 5.37. The average Bonchev–Trinajstić information content (AvgIpc) is 3.14. The van der Waals surface area contributed by atoms with E-state index in [0.717, 1.165) is 19.1 Å². The predicted molar refractivity (Wildman–Crippen MR) is 81.5 cm³/mol. The maximum absolute atomic E-state index is 12.6. The summed E-state index contributed by atoms with van der Waals surface area (Å²) in [7, 11) is -3.66. The third-order valence-corrected chi connectivity index (χ3v) is 5.57. The molecule has 0 unspecified atom stereocenters. The van der Waals surface area contributed by atoms with E-state index in [2.05, 4.69) is 5.16 Å². The highest BCUT2D eigenvalue weighted by Crippen LogP contribution is 2.42. The van der Waals surface area contributed by atoms with Crippen molar-refractivity contribution in [3.05, 3.63) is 45.3 Å². The van der Waals surface area contributed by atoms with E-state index in [1.54, 1.807) is 0 Å². The Kier molecular flexibility index (Phi) is 3.79. The number of hydrogen-bond donors (Lipinski definition) is 0. The second-order valence-corrected chi connectivity index (χ2v) is 7.96. The quantitative estimate of drug-likeness (QED) is 0.780. The number of hydrogen-bond acceptors (Lipinski definition) is 5. The van der Waals surface area contributed by atoms with Crippen LogP contribution in [-0.2, 0) is 9.84 Å². The Hall–Kier alpha value is -1.37. The highest BCUT2D eigenvalue weighted by molar-refractivity contribution is 7.91. The molecule has 0 saturated heterocycles. The number of halogens is 2. The SMILES string of the molecule is CS(=O)(=O)c1c(Cl)ccc(C(=O)c2conc2C2CC2)c1Cl. The van der Waals surface area contributed by atoms with Crippen LogP contribution in [0.5, 0.6) is 0 Å². The molecule has 1 saturated carbocycles. The summed E-state index contributed by atoms with van der Waals surface area (Å²) in [6.45, 7) is 0. The summed E-state index contributed by atoms with van der Waals surface area (Å²) in [5, 5.41) is 3.67. The van der Waals surface area contributed by atoms with Crippen molar-refractivity contribution in [2.24, 2.45) is 0 Å². The van der Waals surface area contributed by atoms with Gasteiger partial charge in [0, 0.05) is 17.7 Å². The maximum Gasteiger partial charge on any atom is 0.199 e. The molecule has 0 atom stereocenters. The molecule has 1 aromatic carbocycles. The fourth-order valence-corrected chi connectivity index (χ4v) is 4.41. The predicted octanol–water partition coefficient (Wildman–Crippen LogP) is 3.49. The van der Waals surface area contributed by atoms with E-state index in [-0.39, 0.29) is 26.4 Å². The minimum atomic E-state index is -3.66. The van der Waals surface area contributed by atoms with Crippen molar-refractivity contribution < 1.29 is 17.7 Å². The molecule has 1 heterocycles. The van der Waals surface area contributed by atoms with Gasteiger partial charge in [-0.15, -0.1) is 0 Å². The Bertz CT molecular complexity index is 869. The minimum Gasteiger partial charge on any atom is -0.364 e. The zero-order valence-electron chi connectivity index (χ0n) is 11.5. The molecule has 0 amide bonds. The van der Waals surface area contributed by atoms with Gasteiger partial charge in [0.05, 0.1) is 21.3 Å². The lowest BCUT2D eigenvalue weighted by Gasteiger charge is -2.09. The number of ketones is 1. The normalized spacial score (nSPS) is 15.0. The average molecular weight is 360 g/mol. The monoisotopic (exact) mass is 359 g/mol. The van der Waals surface area contributed by atoms with Crippen molar-refractivity contribution in [1.82, 2.24) is 5.16 Å². The smallest absolute Gasteiger partial charge is 0.199 e. The van der Waals surface area contributed by atoms with Gasteiger partial charge in [-0.1, -0.05) is 28.4 Å². The topological polar surface area (TPSA) is 77.2 Å². The molecule has 116 valence electrons. The summed E-state index contributed by atoms with van der Waals surface area (Å²) >= 11 is 12.0. The van der Waals surface area contributed by atoms with Crippen molar-refractivity contribution in [1.29, 1.82) is 0 Å². The van der Waals surface area contributed by atoms with Crippen molar-refractivity contribution >= 4 is 38.8 Å². The van der Waals surface area contributed by atoms with Gasteiger partial charge in [-0.05, 0) is 25.0 Å². The first-order valence-corrected chi connectivity index (χ1v) is 9.12. The summed E-state index contributed by atoms with van der Waals surface area (Å²) < 4.78 is 28.5. The van der Waals surface area contributed by atoms with Gasteiger partial charge in [0.1, 0.15) is 11.2 Å². The lowest BCUT2D eigenvalue weighted by Crippen LogP contribution is -2.08. The van der Waals surface area contributed by atoms with Gasteiger partial charge in [0.25, 0.3) is 0 Å². The van der Waals surface area contributed by atoms with Gasteiger partial charge < -0.3 is 4.52 Å². The molecule has 3 rings (SSSR count). The first-order valence-electron chi connectivity index (χ1n) is 6.47. The summed E-state index contributed by atoms with van der Waals surface area (Å²) in [5.74, 6) is -0.201. The van der Waals surface area contributed by atoms with Gasteiger partial charge in [0.2, 0.25) is 0 Å². The molecule has 1 fully saturated rings. The van der Waals surface area contributed by atoms with E-state index in [4.69, 9.17) is 27.7 Å². The zero-order chi connectivity index (χ0) is 16.1. The van der Waals surface area contributed by atoms with E-state index < -0.39 is 15.6 Å². The fraction of sp³-hybridized carbons (Fsp3) is 0.286. The third kappa shape index (κ3) is 2.66. The summed E-state index contributed by atoms with van der Waals surface area (Å²) in [4.78, 5) is 12.4. The summed E-state index contributed by atoms with van der Waals surface area (Å²) in [6.07, 6.45) is 4.16. The molecule has 8 heteroatoms. The van der Waals surface area contributed by atoms with Crippen LogP contribution < -0.4 is 0 Å². The summed E-state index contributed by atoms with van der Waals surface area (Å²) in [5.41, 5.74) is 0.972. The molecule has 0 aliphatic heterocycles. The Morgan fingerprint density at radius 3 is 2.55 bits per heavy atom. The van der Waals surface area contributed by atoms with Gasteiger partial charge >= 0.3 is 0 Å². The number of carbonyl (C=O) groups excluding carboxylic acids is 1. The molecular weight excluding hydrogens is 349 g/mol. The molecule has 2 aromatic rings. The van der Waals surface area contributed by atoms with E-state index in [1.807, 2.05) is 0 Å². The minimum absolute atomic E-state index is 0.0169. The van der Waals surface area contributed by atoms with Crippen molar-refractivity contribution in [2.75, 3.05) is 6.26 Å². The molecule has 0 N–H and O–H groups in total. The Morgan fingerprint density at radius 2 is 1.95 bits per heavy atom. The van der Waals surface area contributed by atoms with Crippen LogP contribution >= 0.6 is 23.2 Å². The molecule has 0 spiro atoms. The zero-order valence-corrected chi connectivity index (χ0v) is 13.8. The molecule has 1 aliphatic rings.